The minimum absolute atomic E-state index is 0.0207. The summed E-state index contributed by atoms with van der Waals surface area (Å²) in [6.45, 7) is 2.66. The SMILES string of the molecule is O=C1NC[C@H]2[C@H]1CCCN2C(=O)C1CCN(C(=O)CCc2ccccc2)CC1. The van der Waals surface area contributed by atoms with Gasteiger partial charge in [0.1, 0.15) is 0 Å². The Morgan fingerprint density at radius 3 is 2.54 bits per heavy atom. The fourth-order valence-corrected chi connectivity index (χ4v) is 4.89. The number of nitrogens with one attached hydrogen (secondary N) is 1. The van der Waals surface area contributed by atoms with Crippen LogP contribution in [0.1, 0.15) is 37.7 Å². The summed E-state index contributed by atoms with van der Waals surface area (Å²) in [5, 5.41) is 2.91. The van der Waals surface area contributed by atoms with Crippen molar-refractivity contribution in [2.75, 3.05) is 26.2 Å². The number of rotatable bonds is 4. The zero-order valence-corrected chi connectivity index (χ0v) is 16.3. The Balaban J connectivity index is 1.27. The van der Waals surface area contributed by atoms with Gasteiger partial charge in [-0.1, -0.05) is 30.3 Å². The van der Waals surface area contributed by atoms with Gasteiger partial charge in [0, 0.05) is 38.5 Å². The quantitative estimate of drug-likeness (QED) is 0.859. The van der Waals surface area contributed by atoms with Crippen LogP contribution in [0.15, 0.2) is 30.3 Å². The molecule has 1 aromatic rings. The van der Waals surface area contributed by atoms with E-state index in [1.807, 2.05) is 40.1 Å². The van der Waals surface area contributed by atoms with Gasteiger partial charge in [0.2, 0.25) is 17.7 Å². The molecule has 0 aromatic heterocycles. The van der Waals surface area contributed by atoms with Crippen LogP contribution in [-0.4, -0.2) is 59.7 Å². The maximum Gasteiger partial charge on any atom is 0.226 e. The third-order valence-electron chi connectivity index (χ3n) is 6.55. The number of carbonyl (C=O) groups excluding carboxylic acids is 3. The van der Waals surface area contributed by atoms with Crippen molar-refractivity contribution in [1.29, 1.82) is 0 Å². The first-order chi connectivity index (χ1) is 13.6. The zero-order valence-electron chi connectivity index (χ0n) is 16.3. The van der Waals surface area contributed by atoms with Gasteiger partial charge in [-0.2, -0.15) is 0 Å². The number of likely N-dealkylation sites (tertiary alicyclic amines) is 2. The normalized spacial score (nSPS) is 25.4. The number of hydrogen-bond donors (Lipinski definition) is 1. The van der Waals surface area contributed by atoms with Crippen molar-refractivity contribution in [1.82, 2.24) is 15.1 Å². The van der Waals surface area contributed by atoms with Crippen LogP contribution < -0.4 is 5.32 Å². The topological polar surface area (TPSA) is 69.7 Å². The average molecular weight is 383 g/mol. The lowest BCUT2D eigenvalue weighted by atomic mass is 9.88. The molecule has 6 nitrogen and oxygen atoms in total. The summed E-state index contributed by atoms with van der Waals surface area (Å²) in [7, 11) is 0. The lowest BCUT2D eigenvalue weighted by molar-refractivity contribution is -0.144. The van der Waals surface area contributed by atoms with E-state index in [1.165, 1.54) is 5.56 Å². The molecular weight excluding hydrogens is 354 g/mol. The zero-order chi connectivity index (χ0) is 19.5. The standard InChI is InChI=1S/C22H29N3O3/c26-20(9-8-16-5-2-1-3-6-16)24-13-10-17(11-14-24)22(28)25-12-4-7-18-19(25)15-23-21(18)27/h1-3,5-6,17-19H,4,7-15H2,(H,23,27)/t18-,19+/m1/s1. The summed E-state index contributed by atoms with van der Waals surface area (Å²) in [6, 6.07) is 10.1. The van der Waals surface area contributed by atoms with Crippen molar-refractivity contribution in [3.05, 3.63) is 35.9 Å². The van der Waals surface area contributed by atoms with Gasteiger partial charge in [-0.15, -0.1) is 0 Å². The first kappa shape index (κ1) is 19.0. The van der Waals surface area contributed by atoms with Crippen LogP contribution in [0.2, 0.25) is 0 Å². The van der Waals surface area contributed by atoms with Crippen LogP contribution >= 0.6 is 0 Å². The van der Waals surface area contributed by atoms with E-state index in [0.717, 1.165) is 38.6 Å². The Kier molecular flexibility index (Phi) is 5.64. The van der Waals surface area contributed by atoms with Crippen molar-refractivity contribution in [3.63, 3.8) is 0 Å². The average Bonchev–Trinajstić information content (AvgIpc) is 3.13. The summed E-state index contributed by atoms with van der Waals surface area (Å²) in [4.78, 5) is 41.4. The molecule has 0 spiro atoms. The van der Waals surface area contributed by atoms with Crippen LogP contribution in [0.3, 0.4) is 0 Å². The molecule has 0 bridgehead atoms. The molecule has 150 valence electrons. The molecule has 3 amide bonds. The van der Waals surface area contributed by atoms with Crippen molar-refractivity contribution in [2.24, 2.45) is 11.8 Å². The molecule has 0 aliphatic carbocycles. The minimum atomic E-state index is -0.0302. The molecule has 28 heavy (non-hydrogen) atoms. The maximum absolute atomic E-state index is 13.1. The van der Waals surface area contributed by atoms with Gasteiger partial charge < -0.3 is 15.1 Å². The van der Waals surface area contributed by atoms with Gasteiger partial charge in [-0.25, -0.2) is 0 Å². The summed E-state index contributed by atoms with van der Waals surface area (Å²) in [5.41, 5.74) is 1.18. The van der Waals surface area contributed by atoms with Gasteiger partial charge in [0.05, 0.1) is 12.0 Å². The number of piperidine rings is 2. The highest BCUT2D eigenvalue weighted by atomic mass is 16.2. The van der Waals surface area contributed by atoms with Gasteiger partial charge >= 0.3 is 0 Å². The Hall–Kier alpha value is -2.37. The van der Waals surface area contributed by atoms with E-state index in [2.05, 4.69) is 5.32 Å². The highest BCUT2D eigenvalue weighted by molar-refractivity contribution is 5.85. The lowest BCUT2D eigenvalue weighted by Crippen LogP contribution is -2.52. The monoisotopic (exact) mass is 383 g/mol. The Morgan fingerprint density at radius 1 is 1.04 bits per heavy atom. The molecule has 3 aliphatic rings. The number of benzene rings is 1. The highest BCUT2D eigenvalue weighted by Crippen LogP contribution is 2.30. The summed E-state index contributed by atoms with van der Waals surface area (Å²) in [6.07, 6.45) is 4.52. The van der Waals surface area contributed by atoms with Gasteiger partial charge in [-0.3, -0.25) is 14.4 Å². The third-order valence-corrected chi connectivity index (χ3v) is 6.55. The van der Waals surface area contributed by atoms with Crippen LogP contribution in [-0.2, 0) is 20.8 Å². The number of hydrogen-bond acceptors (Lipinski definition) is 3. The second kappa shape index (κ2) is 8.33. The largest absolute Gasteiger partial charge is 0.354 e. The molecule has 0 saturated carbocycles. The Labute approximate surface area is 166 Å². The molecule has 3 fully saturated rings. The number of nitrogens with zero attached hydrogens (tertiary/aromatic N) is 2. The predicted octanol–water partition coefficient (Wildman–Crippen LogP) is 1.59. The van der Waals surface area contributed by atoms with Gasteiger partial charge in [-0.05, 0) is 37.7 Å². The smallest absolute Gasteiger partial charge is 0.226 e. The summed E-state index contributed by atoms with van der Waals surface area (Å²) in [5.74, 6) is 0.410. The van der Waals surface area contributed by atoms with Crippen LogP contribution in [0.5, 0.6) is 0 Å². The number of aryl methyl sites for hydroxylation is 1. The van der Waals surface area contributed by atoms with E-state index in [4.69, 9.17) is 0 Å². The second-order valence-corrected chi connectivity index (χ2v) is 8.23. The second-order valence-electron chi connectivity index (χ2n) is 8.23. The molecule has 3 saturated heterocycles. The molecule has 4 rings (SSSR count). The van der Waals surface area contributed by atoms with Gasteiger partial charge in [0.15, 0.2) is 0 Å². The van der Waals surface area contributed by atoms with E-state index in [9.17, 15) is 14.4 Å². The van der Waals surface area contributed by atoms with Crippen molar-refractivity contribution in [2.45, 2.75) is 44.6 Å². The minimum Gasteiger partial charge on any atom is -0.354 e. The Bertz CT molecular complexity index is 728. The molecular formula is C22H29N3O3. The van der Waals surface area contributed by atoms with E-state index < -0.39 is 0 Å². The van der Waals surface area contributed by atoms with E-state index >= 15 is 0 Å². The van der Waals surface area contributed by atoms with E-state index in [0.29, 0.717) is 26.1 Å². The predicted molar refractivity (Wildman–Crippen MR) is 105 cm³/mol. The molecule has 3 heterocycles. The maximum atomic E-state index is 13.1. The molecule has 2 atom stereocenters. The lowest BCUT2D eigenvalue weighted by Gasteiger charge is -2.40. The summed E-state index contributed by atoms with van der Waals surface area (Å²) < 4.78 is 0. The molecule has 3 aliphatic heterocycles. The molecule has 1 N–H and O–H groups in total. The third kappa shape index (κ3) is 3.91. The molecule has 0 radical (unpaired) electrons. The number of carbonyl (C=O) groups is 3. The van der Waals surface area contributed by atoms with E-state index in [-0.39, 0.29) is 35.6 Å². The Morgan fingerprint density at radius 2 is 1.79 bits per heavy atom. The molecule has 1 aromatic carbocycles. The number of amides is 3. The van der Waals surface area contributed by atoms with Crippen LogP contribution in [0, 0.1) is 11.8 Å². The number of fused-ring (bicyclic) bond motifs is 1. The molecule has 0 unspecified atom stereocenters. The first-order valence-corrected chi connectivity index (χ1v) is 10.5. The fraction of sp³-hybridized carbons (Fsp3) is 0.591. The van der Waals surface area contributed by atoms with Crippen LogP contribution in [0.25, 0.3) is 0 Å². The van der Waals surface area contributed by atoms with Gasteiger partial charge in [0.25, 0.3) is 0 Å². The fourth-order valence-electron chi connectivity index (χ4n) is 4.89. The highest BCUT2D eigenvalue weighted by Gasteiger charge is 2.44. The van der Waals surface area contributed by atoms with Crippen LogP contribution in [0.4, 0.5) is 0 Å². The van der Waals surface area contributed by atoms with Crippen molar-refractivity contribution >= 4 is 17.7 Å². The van der Waals surface area contributed by atoms with E-state index in [1.54, 1.807) is 0 Å². The summed E-state index contributed by atoms with van der Waals surface area (Å²) >= 11 is 0. The van der Waals surface area contributed by atoms with Crippen molar-refractivity contribution < 1.29 is 14.4 Å². The molecule has 6 heteroatoms. The first-order valence-electron chi connectivity index (χ1n) is 10.5. The van der Waals surface area contributed by atoms with Crippen molar-refractivity contribution in [3.8, 4) is 0 Å².